The molecule has 1 saturated carbocycles. The molecule has 0 spiro atoms. The summed E-state index contributed by atoms with van der Waals surface area (Å²) in [5.74, 6) is 0.997. The molecule has 0 N–H and O–H groups in total. The lowest BCUT2D eigenvalue weighted by Gasteiger charge is -2.45. The molecule has 3 rings (SSSR count). The minimum Gasteiger partial charge on any atom is -0.360 e. The number of hydrogen-bond acceptors (Lipinski definition) is 3. The van der Waals surface area contributed by atoms with Gasteiger partial charge in [0.25, 0.3) is 0 Å². The summed E-state index contributed by atoms with van der Waals surface area (Å²) in [6.45, 7) is 8.69. The first-order valence-electron chi connectivity index (χ1n) is 10.3. The first kappa shape index (κ1) is 19.7. The average Bonchev–Trinajstić information content (AvgIpc) is 3.17. The van der Waals surface area contributed by atoms with E-state index in [-0.39, 0.29) is 0 Å². The van der Waals surface area contributed by atoms with Crippen LogP contribution in [-0.4, -0.2) is 36.5 Å². The second-order valence-electron chi connectivity index (χ2n) is 9.39. The number of likely N-dealkylation sites (N-methyl/N-ethyl adjacent to an activating group) is 1. The largest absolute Gasteiger partial charge is 0.360 e. The molecule has 146 valence electrons. The van der Waals surface area contributed by atoms with Crippen molar-refractivity contribution in [1.29, 1.82) is 5.26 Å². The standard InChI is InChI=1S/C23H33N3O/c1-22(2,3)19-11-15-26(16-12-19)21(27)23(13-5-6-14-23)25(4)20-9-7-18(17-24)8-10-20/h7-10,19H,5-6,11-16H2,1-4H3. The van der Waals surface area contributed by atoms with Gasteiger partial charge in [0, 0.05) is 25.8 Å². The highest BCUT2D eigenvalue weighted by molar-refractivity contribution is 5.90. The van der Waals surface area contributed by atoms with Crippen molar-refractivity contribution in [3.63, 3.8) is 0 Å². The van der Waals surface area contributed by atoms with Crippen molar-refractivity contribution in [1.82, 2.24) is 4.90 Å². The predicted octanol–water partition coefficient (Wildman–Crippen LogP) is 4.59. The molecule has 0 aromatic heterocycles. The molecule has 0 atom stereocenters. The number of nitriles is 1. The zero-order valence-corrected chi connectivity index (χ0v) is 17.3. The van der Waals surface area contributed by atoms with Gasteiger partial charge in [-0.3, -0.25) is 4.79 Å². The molecule has 2 fully saturated rings. The van der Waals surface area contributed by atoms with Crippen molar-refractivity contribution in [3.05, 3.63) is 29.8 Å². The molecule has 1 aliphatic carbocycles. The quantitative estimate of drug-likeness (QED) is 0.785. The first-order valence-corrected chi connectivity index (χ1v) is 10.3. The molecule has 4 nitrogen and oxygen atoms in total. The SMILES string of the molecule is CN(c1ccc(C#N)cc1)C1(C(=O)N2CCC(C(C)(C)C)CC2)CCCC1. The number of carbonyl (C=O) groups excluding carboxylic acids is 1. The second-order valence-corrected chi connectivity index (χ2v) is 9.39. The van der Waals surface area contributed by atoms with E-state index in [1.54, 1.807) is 0 Å². The first-order chi connectivity index (χ1) is 12.8. The number of carbonyl (C=O) groups is 1. The maximum absolute atomic E-state index is 13.6. The molecule has 0 unspecified atom stereocenters. The number of benzene rings is 1. The Bertz CT molecular complexity index is 697. The van der Waals surface area contributed by atoms with E-state index < -0.39 is 5.54 Å². The average molecular weight is 368 g/mol. The zero-order chi connectivity index (χ0) is 19.7. The van der Waals surface area contributed by atoms with Crippen LogP contribution < -0.4 is 4.90 Å². The molecule has 1 aliphatic heterocycles. The summed E-state index contributed by atoms with van der Waals surface area (Å²) in [4.78, 5) is 17.9. The van der Waals surface area contributed by atoms with E-state index in [9.17, 15) is 4.79 Å². The highest BCUT2D eigenvalue weighted by Gasteiger charge is 2.47. The van der Waals surface area contributed by atoms with Crippen LogP contribution in [0.2, 0.25) is 0 Å². The van der Waals surface area contributed by atoms with Crippen LogP contribution in [0.4, 0.5) is 5.69 Å². The Morgan fingerprint density at radius 3 is 2.19 bits per heavy atom. The zero-order valence-electron chi connectivity index (χ0n) is 17.3. The third kappa shape index (κ3) is 3.83. The van der Waals surface area contributed by atoms with Gasteiger partial charge in [-0.1, -0.05) is 33.6 Å². The molecule has 27 heavy (non-hydrogen) atoms. The molecular formula is C23H33N3O. The van der Waals surface area contributed by atoms with Crippen LogP contribution in [0.25, 0.3) is 0 Å². The third-order valence-electron chi connectivity index (χ3n) is 6.86. The van der Waals surface area contributed by atoms with E-state index in [1.807, 2.05) is 31.3 Å². The monoisotopic (exact) mass is 367 g/mol. The van der Waals surface area contributed by atoms with Crippen LogP contribution >= 0.6 is 0 Å². The van der Waals surface area contributed by atoms with Crippen LogP contribution in [0.1, 0.15) is 64.9 Å². The fourth-order valence-electron chi connectivity index (χ4n) is 4.90. The summed E-state index contributed by atoms with van der Waals surface area (Å²) in [7, 11) is 2.05. The van der Waals surface area contributed by atoms with Crippen LogP contribution in [0.3, 0.4) is 0 Å². The van der Waals surface area contributed by atoms with E-state index in [2.05, 4.69) is 36.6 Å². The molecule has 2 aliphatic rings. The predicted molar refractivity (Wildman–Crippen MR) is 110 cm³/mol. The van der Waals surface area contributed by atoms with Crippen LogP contribution in [0.5, 0.6) is 0 Å². The second kappa shape index (κ2) is 7.54. The lowest BCUT2D eigenvalue weighted by molar-refractivity contribution is -0.138. The summed E-state index contributed by atoms with van der Waals surface area (Å²) in [5.41, 5.74) is 1.57. The summed E-state index contributed by atoms with van der Waals surface area (Å²) < 4.78 is 0. The summed E-state index contributed by atoms with van der Waals surface area (Å²) in [6.07, 6.45) is 6.25. The molecular weight excluding hydrogens is 334 g/mol. The van der Waals surface area contributed by atoms with E-state index in [1.165, 1.54) is 0 Å². The topological polar surface area (TPSA) is 47.3 Å². The molecule has 4 heteroatoms. The van der Waals surface area contributed by atoms with E-state index in [4.69, 9.17) is 5.26 Å². The van der Waals surface area contributed by atoms with Gasteiger partial charge in [0.2, 0.25) is 5.91 Å². The Balaban J connectivity index is 1.78. The number of anilines is 1. The van der Waals surface area contributed by atoms with Crippen LogP contribution in [0, 0.1) is 22.7 Å². The van der Waals surface area contributed by atoms with Gasteiger partial charge >= 0.3 is 0 Å². The number of amides is 1. The summed E-state index contributed by atoms with van der Waals surface area (Å²) in [5, 5.41) is 9.04. The van der Waals surface area contributed by atoms with Gasteiger partial charge in [-0.2, -0.15) is 5.26 Å². The maximum atomic E-state index is 13.6. The normalized spacial score (nSPS) is 20.3. The van der Waals surface area contributed by atoms with Gasteiger partial charge in [0.15, 0.2) is 0 Å². The molecule has 1 aromatic carbocycles. The van der Waals surface area contributed by atoms with Gasteiger partial charge in [0.1, 0.15) is 5.54 Å². The lowest BCUT2D eigenvalue weighted by atomic mass is 9.75. The molecule has 1 saturated heterocycles. The minimum absolute atomic E-state index is 0.305. The summed E-state index contributed by atoms with van der Waals surface area (Å²) >= 11 is 0. The molecule has 0 bridgehead atoms. The van der Waals surface area contributed by atoms with Crippen molar-refractivity contribution in [3.8, 4) is 6.07 Å². The Kier molecular flexibility index (Phi) is 5.51. The molecule has 1 aromatic rings. The van der Waals surface area contributed by atoms with Crippen LogP contribution in [0.15, 0.2) is 24.3 Å². The Morgan fingerprint density at radius 2 is 1.70 bits per heavy atom. The smallest absolute Gasteiger partial charge is 0.248 e. The van der Waals surface area contributed by atoms with Gasteiger partial charge in [-0.25, -0.2) is 0 Å². The van der Waals surface area contributed by atoms with Gasteiger partial charge in [-0.15, -0.1) is 0 Å². The number of rotatable bonds is 3. The highest BCUT2D eigenvalue weighted by Crippen LogP contribution is 2.41. The minimum atomic E-state index is -0.428. The van der Waals surface area contributed by atoms with Crippen molar-refractivity contribution < 1.29 is 4.79 Å². The van der Waals surface area contributed by atoms with Crippen molar-refractivity contribution in [2.24, 2.45) is 11.3 Å². The van der Waals surface area contributed by atoms with Gasteiger partial charge < -0.3 is 9.80 Å². The molecule has 0 radical (unpaired) electrons. The third-order valence-corrected chi connectivity index (χ3v) is 6.86. The Labute approximate surface area is 164 Å². The number of piperidine rings is 1. The number of hydrogen-bond donors (Lipinski definition) is 0. The Morgan fingerprint density at radius 1 is 1.15 bits per heavy atom. The fourth-order valence-corrected chi connectivity index (χ4v) is 4.90. The van der Waals surface area contributed by atoms with E-state index in [0.29, 0.717) is 22.8 Å². The van der Waals surface area contributed by atoms with Crippen molar-refractivity contribution in [2.45, 2.75) is 64.8 Å². The summed E-state index contributed by atoms with van der Waals surface area (Å²) in [6, 6.07) is 9.79. The van der Waals surface area contributed by atoms with Gasteiger partial charge in [-0.05, 0) is 61.3 Å². The van der Waals surface area contributed by atoms with Crippen LogP contribution in [-0.2, 0) is 4.79 Å². The van der Waals surface area contributed by atoms with E-state index >= 15 is 0 Å². The number of nitrogens with zero attached hydrogens (tertiary/aromatic N) is 3. The van der Waals surface area contributed by atoms with Gasteiger partial charge in [0.05, 0.1) is 11.6 Å². The maximum Gasteiger partial charge on any atom is 0.248 e. The van der Waals surface area contributed by atoms with Crippen molar-refractivity contribution in [2.75, 3.05) is 25.0 Å². The lowest BCUT2D eigenvalue weighted by Crippen LogP contribution is -2.58. The van der Waals surface area contributed by atoms with Crippen molar-refractivity contribution >= 4 is 11.6 Å². The highest BCUT2D eigenvalue weighted by atomic mass is 16.2. The molecule has 1 amide bonds. The fraction of sp³-hybridized carbons (Fsp3) is 0.652. The Hall–Kier alpha value is -2.02. The van der Waals surface area contributed by atoms with E-state index in [0.717, 1.165) is 57.3 Å². The number of likely N-dealkylation sites (tertiary alicyclic amines) is 1. The molecule has 1 heterocycles.